The maximum atomic E-state index is 12.8. The molecule has 1 aromatic carbocycles. The third-order valence-electron chi connectivity index (χ3n) is 4.78. The summed E-state index contributed by atoms with van der Waals surface area (Å²) in [5.74, 6) is 1.63. The summed E-state index contributed by atoms with van der Waals surface area (Å²) >= 11 is 0. The topological polar surface area (TPSA) is 95.5 Å². The van der Waals surface area contributed by atoms with E-state index < -0.39 is 0 Å². The molecule has 3 aromatic rings. The fraction of sp³-hybridized carbons (Fsp3) is 0.368. The molecule has 0 fully saturated rings. The fourth-order valence-electron chi connectivity index (χ4n) is 3.31. The number of hydrogen-bond donors (Lipinski definition) is 0. The molecule has 4 rings (SSSR count). The standard InChI is InChI=1S/C19H21N5O4/c1-23-15-10-24(17(25)8-12-4-6-13(27-3)7-5-12)9-14(15)18(21-23)19-20-16(11-26-2)22-28-19/h4-7H,8-11H2,1-3H3. The molecule has 2 aromatic heterocycles. The van der Waals surface area contributed by atoms with Gasteiger partial charge in [0.2, 0.25) is 5.91 Å². The van der Waals surface area contributed by atoms with Crippen molar-refractivity contribution in [3.05, 3.63) is 46.9 Å². The largest absolute Gasteiger partial charge is 0.497 e. The zero-order valence-electron chi connectivity index (χ0n) is 16.0. The number of aromatic nitrogens is 4. The first kappa shape index (κ1) is 18.2. The maximum Gasteiger partial charge on any atom is 0.278 e. The molecular formula is C19H21N5O4. The number of ether oxygens (including phenoxy) is 2. The Balaban J connectivity index is 1.50. The van der Waals surface area contributed by atoms with Crippen molar-refractivity contribution in [3.8, 4) is 17.3 Å². The van der Waals surface area contributed by atoms with Crippen LogP contribution in [0.25, 0.3) is 11.6 Å². The van der Waals surface area contributed by atoms with Crippen molar-refractivity contribution in [3.63, 3.8) is 0 Å². The van der Waals surface area contributed by atoms with E-state index in [1.807, 2.05) is 36.2 Å². The SMILES string of the molecule is COCc1noc(-c2nn(C)c3c2CN(C(=O)Cc2ccc(OC)cc2)C3)n1. The molecule has 1 aliphatic heterocycles. The van der Waals surface area contributed by atoms with Crippen LogP contribution in [0.4, 0.5) is 0 Å². The van der Waals surface area contributed by atoms with Crippen LogP contribution in [0.3, 0.4) is 0 Å². The highest BCUT2D eigenvalue weighted by Crippen LogP contribution is 2.31. The Morgan fingerprint density at radius 2 is 2.00 bits per heavy atom. The van der Waals surface area contributed by atoms with Gasteiger partial charge in [0.05, 0.1) is 32.3 Å². The number of nitrogens with zero attached hydrogens (tertiary/aromatic N) is 5. The highest BCUT2D eigenvalue weighted by atomic mass is 16.5. The number of amides is 1. The average Bonchev–Trinajstić information content (AvgIpc) is 3.40. The molecule has 0 saturated heterocycles. The van der Waals surface area contributed by atoms with E-state index in [1.165, 1.54) is 0 Å². The van der Waals surface area contributed by atoms with E-state index in [4.69, 9.17) is 14.0 Å². The van der Waals surface area contributed by atoms with Gasteiger partial charge in [0.1, 0.15) is 12.4 Å². The molecule has 0 N–H and O–H groups in total. The van der Waals surface area contributed by atoms with Crippen molar-refractivity contribution in [2.24, 2.45) is 7.05 Å². The number of hydrogen-bond acceptors (Lipinski definition) is 7. The summed E-state index contributed by atoms with van der Waals surface area (Å²) in [6.45, 7) is 1.24. The van der Waals surface area contributed by atoms with E-state index >= 15 is 0 Å². The van der Waals surface area contributed by atoms with Crippen LogP contribution in [0.15, 0.2) is 28.8 Å². The van der Waals surface area contributed by atoms with Gasteiger partial charge in [0.15, 0.2) is 11.5 Å². The Hall–Kier alpha value is -3.20. The Morgan fingerprint density at radius 1 is 1.21 bits per heavy atom. The number of methoxy groups -OCH3 is 2. The van der Waals surface area contributed by atoms with E-state index in [2.05, 4.69) is 15.2 Å². The van der Waals surface area contributed by atoms with E-state index in [0.717, 1.165) is 22.6 Å². The molecule has 0 radical (unpaired) electrons. The monoisotopic (exact) mass is 383 g/mol. The Morgan fingerprint density at radius 3 is 2.71 bits per heavy atom. The first-order valence-electron chi connectivity index (χ1n) is 8.86. The number of carbonyl (C=O) groups excluding carboxylic acids is 1. The summed E-state index contributed by atoms with van der Waals surface area (Å²) in [7, 11) is 5.04. The minimum Gasteiger partial charge on any atom is -0.497 e. The van der Waals surface area contributed by atoms with E-state index in [9.17, 15) is 4.79 Å². The highest BCUT2D eigenvalue weighted by Gasteiger charge is 2.32. The quantitative estimate of drug-likeness (QED) is 0.639. The molecule has 3 heterocycles. The molecule has 0 aliphatic carbocycles. The van der Waals surface area contributed by atoms with Crippen LogP contribution < -0.4 is 4.74 Å². The van der Waals surface area contributed by atoms with E-state index in [-0.39, 0.29) is 12.5 Å². The van der Waals surface area contributed by atoms with Crippen LogP contribution in [0.2, 0.25) is 0 Å². The van der Waals surface area contributed by atoms with Crippen LogP contribution in [0.5, 0.6) is 5.75 Å². The molecule has 9 nitrogen and oxygen atoms in total. The molecule has 28 heavy (non-hydrogen) atoms. The minimum absolute atomic E-state index is 0.0536. The van der Waals surface area contributed by atoms with Crippen molar-refractivity contribution < 1.29 is 18.8 Å². The second kappa shape index (κ2) is 7.43. The van der Waals surface area contributed by atoms with Gasteiger partial charge in [-0.15, -0.1) is 0 Å². The Bertz CT molecular complexity index is 992. The van der Waals surface area contributed by atoms with Crippen LogP contribution in [0.1, 0.15) is 22.6 Å². The molecule has 0 atom stereocenters. The number of carbonyl (C=O) groups is 1. The zero-order valence-corrected chi connectivity index (χ0v) is 16.0. The average molecular weight is 383 g/mol. The van der Waals surface area contributed by atoms with E-state index in [0.29, 0.717) is 36.9 Å². The van der Waals surface area contributed by atoms with Crippen molar-refractivity contribution in [2.45, 2.75) is 26.1 Å². The van der Waals surface area contributed by atoms with Crippen LogP contribution in [-0.2, 0) is 42.7 Å². The second-order valence-corrected chi connectivity index (χ2v) is 6.62. The molecule has 1 aliphatic rings. The summed E-state index contributed by atoms with van der Waals surface area (Å²) < 4.78 is 17.3. The summed E-state index contributed by atoms with van der Waals surface area (Å²) in [4.78, 5) is 18.9. The predicted molar refractivity (Wildman–Crippen MR) is 98.2 cm³/mol. The van der Waals surface area contributed by atoms with Crippen molar-refractivity contribution in [2.75, 3.05) is 14.2 Å². The molecule has 0 saturated carbocycles. The third kappa shape index (κ3) is 3.36. The molecular weight excluding hydrogens is 362 g/mol. The number of aryl methyl sites for hydroxylation is 1. The molecule has 9 heteroatoms. The normalized spacial score (nSPS) is 13.0. The lowest BCUT2D eigenvalue weighted by molar-refractivity contribution is -0.131. The number of rotatable bonds is 6. The Labute approximate surface area is 161 Å². The van der Waals surface area contributed by atoms with Crippen LogP contribution in [0, 0.1) is 0 Å². The van der Waals surface area contributed by atoms with Gasteiger partial charge in [-0.25, -0.2) is 0 Å². The van der Waals surface area contributed by atoms with Gasteiger partial charge < -0.3 is 18.9 Å². The molecule has 0 bridgehead atoms. The summed E-state index contributed by atoms with van der Waals surface area (Å²) in [6.07, 6.45) is 0.333. The van der Waals surface area contributed by atoms with E-state index in [1.54, 1.807) is 18.9 Å². The lowest BCUT2D eigenvalue weighted by Gasteiger charge is -2.16. The van der Waals surface area contributed by atoms with Gasteiger partial charge >= 0.3 is 0 Å². The molecule has 0 unspecified atom stereocenters. The van der Waals surface area contributed by atoms with Gasteiger partial charge in [0.25, 0.3) is 5.89 Å². The molecule has 146 valence electrons. The Kier molecular flexibility index (Phi) is 4.82. The smallest absolute Gasteiger partial charge is 0.278 e. The minimum atomic E-state index is 0.0536. The maximum absolute atomic E-state index is 12.8. The van der Waals surface area contributed by atoms with Gasteiger partial charge in [0, 0.05) is 19.7 Å². The zero-order chi connectivity index (χ0) is 19.7. The van der Waals surface area contributed by atoms with Crippen molar-refractivity contribution in [1.29, 1.82) is 0 Å². The lowest BCUT2D eigenvalue weighted by Crippen LogP contribution is -2.27. The van der Waals surface area contributed by atoms with Gasteiger partial charge in [-0.2, -0.15) is 10.1 Å². The highest BCUT2D eigenvalue weighted by molar-refractivity contribution is 5.80. The summed E-state index contributed by atoms with van der Waals surface area (Å²) in [5, 5.41) is 8.39. The number of fused-ring (bicyclic) bond motifs is 1. The molecule has 1 amide bonds. The third-order valence-corrected chi connectivity index (χ3v) is 4.78. The van der Waals surface area contributed by atoms with Crippen LogP contribution in [-0.4, -0.2) is 44.9 Å². The first-order chi connectivity index (χ1) is 13.6. The van der Waals surface area contributed by atoms with Crippen molar-refractivity contribution in [1.82, 2.24) is 24.8 Å². The molecule has 0 spiro atoms. The van der Waals surface area contributed by atoms with Gasteiger partial charge in [-0.3, -0.25) is 9.48 Å². The first-order valence-corrected chi connectivity index (χ1v) is 8.86. The predicted octanol–water partition coefficient (Wildman–Crippen LogP) is 1.71. The second-order valence-electron chi connectivity index (χ2n) is 6.62. The lowest BCUT2D eigenvalue weighted by atomic mass is 10.1. The van der Waals surface area contributed by atoms with Crippen molar-refractivity contribution >= 4 is 5.91 Å². The van der Waals surface area contributed by atoms with Gasteiger partial charge in [-0.05, 0) is 17.7 Å². The summed E-state index contributed by atoms with van der Waals surface area (Å²) in [5.41, 5.74) is 3.48. The van der Waals surface area contributed by atoms with Crippen LogP contribution >= 0.6 is 0 Å². The fourth-order valence-corrected chi connectivity index (χ4v) is 3.31. The number of benzene rings is 1. The summed E-state index contributed by atoms with van der Waals surface area (Å²) in [6, 6.07) is 7.53. The van der Waals surface area contributed by atoms with Gasteiger partial charge in [-0.1, -0.05) is 17.3 Å².